The minimum Gasteiger partial charge on any atom is -0.370 e. The predicted octanol–water partition coefficient (Wildman–Crippen LogP) is 5.18. The Morgan fingerprint density at radius 3 is 2.46 bits per heavy atom. The molecule has 4 nitrogen and oxygen atoms in total. The Kier molecular flexibility index (Phi) is 4.89. The topological polar surface area (TPSA) is 42.2 Å². The molecule has 1 aromatic carbocycles. The monoisotopic (exact) mass is 362 g/mol. The number of alkyl halides is 3. The third-order valence-corrected chi connectivity index (χ3v) is 4.08. The van der Waals surface area contributed by atoms with Crippen molar-refractivity contribution in [3.63, 3.8) is 0 Å². The number of hydrogen-bond acceptors (Lipinski definition) is 3. The van der Waals surface area contributed by atoms with Crippen LogP contribution in [0.1, 0.15) is 31.7 Å². The number of halogens is 3. The van der Waals surface area contributed by atoms with Crippen LogP contribution >= 0.6 is 0 Å². The molecule has 2 heterocycles. The van der Waals surface area contributed by atoms with Gasteiger partial charge in [0.2, 0.25) is 0 Å². The third kappa shape index (κ3) is 3.66. The highest BCUT2D eigenvalue weighted by Gasteiger charge is 2.39. The van der Waals surface area contributed by atoms with Crippen LogP contribution in [0.3, 0.4) is 0 Å². The molecule has 0 saturated heterocycles. The summed E-state index contributed by atoms with van der Waals surface area (Å²) in [6.07, 6.45) is -3.66. The van der Waals surface area contributed by atoms with Crippen molar-refractivity contribution in [2.24, 2.45) is 5.92 Å². The second kappa shape index (κ2) is 6.97. The maximum atomic E-state index is 13.6. The van der Waals surface area contributed by atoms with Gasteiger partial charge in [0.05, 0.1) is 5.56 Å². The van der Waals surface area contributed by atoms with Gasteiger partial charge in [-0.2, -0.15) is 22.8 Å². The van der Waals surface area contributed by atoms with Crippen LogP contribution in [0.15, 0.2) is 36.4 Å². The van der Waals surface area contributed by atoms with E-state index in [1.807, 2.05) is 0 Å². The van der Waals surface area contributed by atoms with Crippen LogP contribution in [-0.4, -0.2) is 21.1 Å². The zero-order chi connectivity index (χ0) is 18.9. The fraction of sp³-hybridized carbons (Fsp3) is 0.368. The van der Waals surface area contributed by atoms with E-state index in [-0.39, 0.29) is 11.2 Å². The summed E-state index contributed by atoms with van der Waals surface area (Å²) in [7, 11) is 0. The van der Waals surface area contributed by atoms with Crippen LogP contribution in [0.25, 0.3) is 16.8 Å². The van der Waals surface area contributed by atoms with Crippen molar-refractivity contribution in [3.8, 4) is 11.1 Å². The highest BCUT2D eigenvalue weighted by atomic mass is 19.4. The lowest BCUT2D eigenvalue weighted by atomic mass is 10.1. The molecule has 0 aliphatic heterocycles. The van der Waals surface area contributed by atoms with Crippen molar-refractivity contribution in [3.05, 3.63) is 47.8 Å². The summed E-state index contributed by atoms with van der Waals surface area (Å²) >= 11 is 0. The number of rotatable bonds is 5. The van der Waals surface area contributed by atoms with Crippen molar-refractivity contribution >= 4 is 11.5 Å². The second-order valence-corrected chi connectivity index (χ2v) is 6.71. The molecule has 0 atom stereocenters. The molecule has 2 aromatic heterocycles. The molecule has 0 aliphatic rings. The van der Waals surface area contributed by atoms with E-state index in [2.05, 4.69) is 29.2 Å². The van der Waals surface area contributed by atoms with E-state index in [1.54, 1.807) is 43.3 Å². The molecule has 0 aliphatic carbocycles. The average Bonchev–Trinajstić information content (AvgIpc) is 2.95. The lowest BCUT2D eigenvalue weighted by Crippen LogP contribution is -2.11. The van der Waals surface area contributed by atoms with E-state index in [0.29, 0.717) is 29.5 Å². The lowest BCUT2D eigenvalue weighted by molar-refractivity contribution is -0.140. The van der Waals surface area contributed by atoms with Gasteiger partial charge in [0.25, 0.3) is 0 Å². The Balaban J connectivity index is 2.20. The number of anilines is 1. The second-order valence-electron chi connectivity index (χ2n) is 6.71. The molecule has 0 fully saturated rings. The molecule has 0 saturated carbocycles. The normalized spacial score (nSPS) is 12.1. The molecule has 26 heavy (non-hydrogen) atoms. The van der Waals surface area contributed by atoms with Crippen LogP contribution in [-0.2, 0) is 6.18 Å². The first-order valence-corrected chi connectivity index (χ1v) is 8.54. The summed E-state index contributed by atoms with van der Waals surface area (Å²) in [5.74, 6) is 1.00. The number of hydrogen-bond donors (Lipinski definition) is 1. The summed E-state index contributed by atoms with van der Waals surface area (Å²) < 4.78 is 42.2. The highest BCUT2D eigenvalue weighted by molar-refractivity contribution is 5.81. The molecule has 0 unspecified atom stereocenters. The van der Waals surface area contributed by atoms with Gasteiger partial charge < -0.3 is 5.32 Å². The van der Waals surface area contributed by atoms with Crippen LogP contribution in [0.2, 0.25) is 0 Å². The fourth-order valence-electron chi connectivity index (χ4n) is 2.82. The third-order valence-electron chi connectivity index (χ3n) is 4.08. The van der Waals surface area contributed by atoms with Crippen molar-refractivity contribution < 1.29 is 13.2 Å². The van der Waals surface area contributed by atoms with E-state index in [0.717, 1.165) is 6.42 Å². The Labute approximate surface area is 150 Å². The maximum absolute atomic E-state index is 13.6. The van der Waals surface area contributed by atoms with Gasteiger partial charge in [-0.25, -0.2) is 4.98 Å². The average molecular weight is 362 g/mol. The van der Waals surface area contributed by atoms with Gasteiger partial charge in [0.1, 0.15) is 5.82 Å². The number of aromatic nitrogens is 3. The fourth-order valence-corrected chi connectivity index (χ4v) is 2.82. The minimum absolute atomic E-state index is 0.00806. The van der Waals surface area contributed by atoms with Crippen molar-refractivity contribution in [1.29, 1.82) is 0 Å². The van der Waals surface area contributed by atoms with Crippen molar-refractivity contribution in [2.45, 2.75) is 33.4 Å². The van der Waals surface area contributed by atoms with Crippen LogP contribution < -0.4 is 5.32 Å². The summed E-state index contributed by atoms with van der Waals surface area (Å²) in [5, 5.41) is 7.06. The van der Waals surface area contributed by atoms with E-state index < -0.39 is 11.9 Å². The summed E-state index contributed by atoms with van der Waals surface area (Å²) in [6, 6.07) is 10.2. The highest BCUT2D eigenvalue weighted by Crippen LogP contribution is 2.39. The first-order chi connectivity index (χ1) is 12.3. The quantitative estimate of drug-likeness (QED) is 0.680. The van der Waals surface area contributed by atoms with Gasteiger partial charge in [0.15, 0.2) is 11.3 Å². The molecule has 1 N–H and O–H groups in total. The van der Waals surface area contributed by atoms with Gasteiger partial charge in [-0.1, -0.05) is 44.2 Å². The molecule has 3 rings (SSSR count). The number of aryl methyl sites for hydroxylation is 1. The first-order valence-electron chi connectivity index (χ1n) is 8.54. The van der Waals surface area contributed by atoms with Crippen LogP contribution in [0, 0.1) is 12.8 Å². The Bertz CT molecular complexity index is 899. The van der Waals surface area contributed by atoms with E-state index in [1.165, 1.54) is 4.52 Å². The zero-order valence-corrected chi connectivity index (χ0v) is 14.9. The summed E-state index contributed by atoms with van der Waals surface area (Å²) in [5.41, 5.74) is 0.370. The van der Waals surface area contributed by atoms with Gasteiger partial charge in [-0.3, -0.25) is 0 Å². The van der Waals surface area contributed by atoms with Crippen LogP contribution in [0.4, 0.5) is 19.0 Å². The molecule has 0 spiro atoms. The van der Waals surface area contributed by atoms with Gasteiger partial charge >= 0.3 is 6.18 Å². The van der Waals surface area contributed by atoms with Gasteiger partial charge in [0, 0.05) is 18.3 Å². The smallest absolute Gasteiger partial charge is 0.370 e. The maximum Gasteiger partial charge on any atom is 0.435 e. The zero-order valence-electron chi connectivity index (χ0n) is 14.9. The van der Waals surface area contributed by atoms with Crippen molar-refractivity contribution in [1.82, 2.24) is 14.6 Å². The summed E-state index contributed by atoms with van der Waals surface area (Å²) in [4.78, 5) is 4.35. The Morgan fingerprint density at radius 2 is 1.85 bits per heavy atom. The van der Waals surface area contributed by atoms with E-state index >= 15 is 0 Å². The first kappa shape index (κ1) is 18.2. The molecule has 138 valence electrons. The van der Waals surface area contributed by atoms with E-state index in [4.69, 9.17) is 0 Å². The summed E-state index contributed by atoms with van der Waals surface area (Å²) in [6.45, 7) is 6.61. The lowest BCUT2D eigenvalue weighted by Gasteiger charge is -2.11. The molecular weight excluding hydrogens is 341 g/mol. The van der Waals surface area contributed by atoms with Gasteiger partial charge in [-0.15, -0.1) is 0 Å². The molecule has 7 heteroatoms. The molecule has 3 aromatic rings. The van der Waals surface area contributed by atoms with Crippen molar-refractivity contribution in [2.75, 3.05) is 11.9 Å². The molecule has 0 amide bonds. The molecule has 0 bridgehead atoms. The Morgan fingerprint density at radius 1 is 1.15 bits per heavy atom. The molecular formula is C19H21F3N4. The van der Waals surface area contributed by atoms with E-state index in [9.17, 15) is 13.2 Å². The number of fused-ring (bicyclic) bond motifs is 1. The SMILES string of the molecule is Cc1cc(NCCC(C)C)n2nc(C(F)(F)F)c(-c3ccccc3)c2n1. The van der Waals surface area contributed by atoms with Crippen LogP contribution in [0.5, 0.6) is 0 Å². The number of nitrogens with zero attached hydrogens (tertiary/aromatic N) is 3. The predicted molar refractivity (Wildman–Crippen MR) is 96.1 cm³/mol. The number of benzene rings is 1. The molecule has 0 radical (unpaired) electrons. The Hall–Kier alpha value is -2.57. The minimum atomic E-state index is -4.57. The standard InChI is InChI=1S/C19H21F3N4/c1-12(2)9-10-23-15-11-13(3)24-18-16(14-7-5-4-6-8-14)17(19(20,21)22)25-26(15)18/h4-8,11-12,23H,9-10H2,1-3H3. The largest absolute Gasteiger partial charge is 0.435 e. The van der Waals surface area contributed by atoms with Gasteiger partial charge in [-0.05, 0) is 24.8 Å². The number of nitrogens with one attached hydrogen (secondary N) is 1.